The predicted molar refractivity (Wildman–Crippen MR) is 64.4 cm³/mol. The molecule has 1 heterocycles. The Morgan fingerprint density at radius 1 is 1.43 bits per heavy atom. The Kier molecular flexibility index (Phi) is 4.03. The summed E-state index contributed by atoms with van der Waals surface area (Å²) in [5, 5.41) is 6.41. The predicted octanol–water partition coefficient (Wildman–Crippen LogP) is 1.83. The normalized spacial score (nSPS) is 9.93. The van der Waals surface area contributed by atoms with Crippen molar-refractivity contribution in [3.05, 3.63) is 24.2 Å². The first-order valence-electron chi connectivity index (χ1n) is 4.25. The molecule has 0 aliphatic carbocycles. The Morgan fingerprint density at radius 2 is 2.14 bits per heavy atom. The van der Waals surface area contributed by atoms with E-state index in [0.29, 0.717) is 15.9 Å². The van der Waals surface area contributed by atoms with E-state index >= 15 is 0 Å². The smallest absolute Gasteiger partial charge is 0.171 e. The second-order valence-corrected chi connectivity index (χ2v) is 3.88. The molecule has 1 aromatic rings. The summed E-state index contributed by atoms with van der Waals surface area (Å²) in [7, 11) is 0. The summed E-state index contributed by atoms with van der Waals surface area (Å²) >= 11 is 10.1. The lowest BCUT2D eigenvalue weighted by Crippen LogP contribution is -2.41. The summed E-state index contributed by atoms with van der Waals surface area (Å²) in [6, 6.07) is 3.85. The van der Waals surface area contributed by atoms with Gasteiger partial charge in [-0.05, 0) is 38.2 Å². The van der Waals surface area contributed by atoms with Gasteiger partial charge in [0.2, 0.25) is 0 Å². The molecular weight excluding hydrogens is 216 g/mol. The van der Waals surface area contributed by atoms with Crippen LogP contribution in [0.3, 0.4) is 0 Å². The molecule has 14 heavy (non-hydrogen) atoms. The van der Waals surface area contributed by atoms with Gasteiger partial charge in [-0.15, -0.1) is 0 Å². The van der Waals surface area contributed by atoms with Gasteiger partial charge in [0.1, 0.15) is 4.99 Å². The monoisotopic (exact) mass is 228 g/mol. The second kappa shape index (κ2) is 5.07. The minimum Gasteiger partial charge on any atom is -0.462 e. The number of rotatable bonds is 2. The van der Waals surface area contributed by atoms with Crippen LogP contribution >= 0.6 is 24.4 Å². The molecular formula is C9H12N2OS2. The highest BCUT2D eigenvalue weighted by Crippen LogP contribution is 2.00. The van der Waals surface area contributed by atoms with Crippen molar-refractivity contribution in [3.63, 3.8) is 0 Å². The maximum absolute atomic E-state index is 5.11. The van der Waals surface area contributed by atoms with Gasteiger partial charge in [-0.2, -0.15) is 0 Å². The van der Waals surface area contributed by atoms with E-state index < -0.39 is 0 Å². The van der Waals surface area contributed by atoms with Crippen LogP contribution in [0.5, 0.6) is 0 Å². The average Bonchev–Trinajstić information content (AvgIpc) is 2.53. The summed E-state index contributed by atoms with van der Waals surface area (Å²) < 4.78 is 5.11. The fourth-order valence-electron chi connectivity index (χ4n) is 0.871. The Bertz CT molecular complexity index is 320. The molecule has 0 aliphatic rings. The van der Waals surface area contributed by atoms with Crippen molar-refractivity contribution in [2.45, 2.75) is 19.9 Å². The third-order valence-corrected chi connectivity index (χ3v) is 1.91. The van der Waals surface area contributed by atoms with Crippen LogP contribution in [0.2, 0.25) is 0 Å². The zero-order valence-corrected chi connectivity index (χ0v) is 9.67. The van der Waals surface area contributed by atoms with Gasteiger partial charge >= 0.3 is 0 Å². The molecule has 2 N–H and O–H groups in total. The van der Waals surface area contributed by atoms with Crippen LogP contribution in [-0.2, 0) is 0 Å². The molecule has 1 rings (SSSR count). The first-order valence-corrected chi connectivity index (χ1v) is 5.06. The molecule has 0 atom stereocenters. The van der Waals surface area contributed by atoms with Gasteiger partial charge in [-0.1, -0.05) is 12.2 Å². The maximum atomic E-state index is 5.11. The van der Waals surface area contributed by atoms with E-state index in [9.17, 15) is 0 Å². The molecule has 0 aromatic carbocycles. The first-order chi connectivity index (χ1) is 6.59. The van der Waals surface area contributed by atoms with Gasteiger partial charge in [0.05, 0.1) is 6.26 Å². The van der Waals surface area contributed by atoms with Gasteiger partial charge in [0.25, 0.3) is 0 Å². The lowest BCUT2D eigenvalue weighted by Gasteiger charge is -2.12. The van der Waals surface area contributed by atoms with E-state index in [1.807, 2.05) is 13.8 Å². The Labute approximate surface area is 93.9 Å². The summed E-state index contributed by atoms with van der Waals surface area (Å²) in [5.41, 5.74) is 0. The van der Waals surface area contributed by atoms with E-state index in [2.05, 4.69) is 10.6 Å². The molecule has 0 radical (unpaired) electrons. The van der Waals surface area contributed by atoms with Gasteiger partial charge in [0, 0.05) is 6.04 Å². The molecule has 0 saturated carbocycles. The molecule has 0 aliphatic heterocycles. The Morgan fingerprint density at radius 3 is 2.64 bits per heavy atom. The third-order valence-electron chi connectivity index (χ3n) is 1.39. The zero-order chi connectivity index (χ0) is 10.6. The molecule has 76 valence electrons. The minimum atomic E-state index is 0.286. The van der Waals surface area contributed by atoms with Crippen molar-refractivity contribution >= 4 is 34.5 Å². The van der Waals surface area contributed by atoms with Crippen molar-refractivity contribution in [2.24, 2.45) is 0 Å². The number of hydrogen-bond donors (Lipinski definition) is 2. The van der Waals surface area contributed by atoms with Gasteiger partial charge in [-0.25, -0.2) is 0 Å². The average molecular weight is 228 g/mol. The molecule has 0 unspecified atom stereocenters. The Balaban J connectivity index is 2.46. The Hall–Kier alpha value is -0.940. The van der Waals surface area contributed by atoms with E-state index in [1.54, 1.807) is 18.4 Å². The summed E-state index contributed by atoms with van der Waals surface area (Å²) in [5.74, 6) is 0.618. The van der Waals surface area contributed by atoms with Crippen molar-refractivity contribution in [1.29, 1.82) is 0 Å². The highest BCUT2D eigenvalue weighted by molar-refractivity contribution is 7.82. The summed E-state index contributed by atoms with van der Waals surface area (Å²) in [6.45, 7) is 4.01. The molecule has 0 amide bonds. The number of thiocarbonyl (C=S) groups is 2. The summed E-state index contributed by atoms with van der Waals surface area (Å²) in [4.78, 5) is 0.494. The fraction of sp³-hybridized carbons (Fsp3) is 0.333. The van der Waals surface area contributed by atoms with E-state index in [-0.39, 0.29) is 6.04 Å². The van der Waals surface area contributed by atoms with Crippen molar-refractivity contribution in [2.75, 3.05) is 0 Å². The maximum Gasteiger partial charge on any atom is 0.171 e. The number of nitrogens with one attached hydrogen (secondary N) is 2. The zero-order valence-electron chi connectivity index (χ0n) is 8.03. The molecule has 1 aromatic heterocycles. The SMILES string of the molecule is CC(C)NC(=S)NC(=S)c1ccco1. The number of furan rings is 1. The molecule has 5 heteroatoms. The van der Waals surface area contributed by atoms with Crippen molar-refractivity contribution in [3.8, 4) is 0 Å². The highest BCUT2D eigenvalue weighted by Gasteiger charge is 2.06. The van der Waals surface area contributed by atoms with Crippen LogP contribution in [0, 0.1) is 0 Å². The second-order valence-electron chi connectivity index (χ2n) is 3.06. The number of hydrogen-bond acceptors (Lipinski definition) is 3. The largest absolute Gasteiger partial charge is 0.462 e. The molecule has 0 bridgehead atoms. The lowest BCUT2D eigenvalue weighted by molar-refractivity contribution is 0.557. The molecule has 3 nitrogen and oxygen atoms in total. The van der Waals surface area contributed by atoms with Gasteiger partial charge in [-0.3, -0.25) is 0 Å². The standard InChI is InChI=1S/C9H12N2OS2/c1-6(2)10-9(14)11-8(13)7-4-3-5-12-7/h3-6H,1-2H3,(H2,10,11,13,14). The van der Waals surface area contributed by atoms with Crippen LogP contribution < -0.4 is 10.6 Å². The van der Waals surface area contributed by atoms with Crippen LogP contribution in [0.1, 0.15) is 19.6 Å². The summed E-state index contributed by atoms with van der Waals surface area (Å²) in [6.07, 6.45) is 1.57. The van der Waals surface area contributed by atoms with E-state index in [1.165, 1.54) is 0 Å². The molecule has 0 spiro atoms. The topological polar surface area (TPSA) is 37.2 Å². The van der Waals surface area contributed by atoms with Gasteiger partial charge in [0.15, 0.2) is 10.9 Å². The fourth-order valence-corrected chi connectivity index (χ4v) is 1.49. The molecule has 0 saturated heterocycles. The minimum absolute atomic E-state index is 0.286. The van der Waals surface area contributed by atoms with Crippen molar-refractivity contribution < 1.29 is 4.42 Å². The van der Waals surface area contributed by atoms with E-state index in [4.69, 9.17) is 28.9 Å². The van der Waals surface area contributed by atoms with Gasteiger partial charge < -0.3 is 15.1 Å². The van der Waals surface area contributed by atoms with Crippen LogP contribution in [0.4, 0.5) is 0 Å². The highest BCUT2D eigenvalue weighted by atomic mass is 32.1. The van der Waals surface area contributed by atoms with Crippen molar-refractivity contribution in [1.82, 2.24) is 10.6 Å². The van der Waals surface area contributed by atoms with Crippen LogP contribution in [0.25, 0.3) is 0 Å². The van der Waals surface area contributed by atoms with Crippen LogP contribution in [-0.4, -0.2) is 16.1 Å². The first kappa shape index (κ1) is 11.1. The third kappa shape index (κ3) is 3.43. The lowest BCUT2D eigenvalue weighted by atomic mass is 10.4. The van der Waals surface area contributed by atoms with Crippen LogP contribution in [0.15, 0.2) is 22.8 Å². The molecule has 0 fully saturated rings. The quantitative estimate of drug-likeness (QED) is 0.755. The van der Waals surface area contributed by atoms with E-state index in [0.717, 1.165) is 0 Å².